The van der Waals surface area contributed by atoms with Gasteiger partial charge in [0.05, 0.1) is 19.8 Å². The monoisotopic (exact) mass is 316 g/mol. The van der Waals surface area contributed by atoms with Crippen molar-refractivity contribution in [3.8, 4) is 5.88 Å². The molecule has 1 aromatic heterocycles. The van der Waals surface area contributed by atoms with Gasteiger partial charge in [-0.2, -0.15) is 0 Å². The molecular formula is C16H20N4O3. The molecule has 7 heteroatoms. The van der Waals surface area contributed by atoms with Crippen LogP contribution in [-0.2, 0) is 11.3 Å². The highest BCUT2D eigenvalue weighted by Crippen LogP contribution is 2.17. The van der Waals surface area contributed by atoms with E-state index in [1.165, 1.54) is 7.11 Å². The van der Waals surface area contributed by atoms with Crippen LogP contribution in [0.5, 0.6) is 5.88 Å². The molecule has 23 heavy (non-hydrogen) atoms. The molecular weight excluding hydrogens is 296 g/mol. The molecule has 7 nitrogen and oxygen atoms in total. The molecule has 1 N–H and O–H groups in total. The molecule has 122 valence electrons. The topological polar surface area (TPSA) is 78.3 Å². The van der Waals surface area contributed by atoms with E-state index in [4.69, 9.17) is 9.47 Å². The van der Waals surface area contributed by atoms with Crippen molar-refractivity contribution in [1.82, 2.24) is 20.3 Å². The van der Waals surface area contributed by atoms with Crippen LogP contribution in [0.15, 0.2) is 30.3 Å². The number of carbonyl (C=O) groups is 1. The van der Waals surface area contributed by atoms with E-state index < -0.39 is 0 Å². The van der Waals surface area contributed by atoms with Crippen LogP contribution in [-0.4, -0.2) is 47.3 Å². The summed E-state index contributed by atoms with van der Waals surface area (Å²) in [5, 5.41) is 10.8. The van der Waals surface area contributed by atoms with Crippen LogP contribution in [0.25, 0.3) is 0 Å². The van der Waals surface area contributed by atoms with Gasteiger partial charge in [-0.1, -0.05) is 35.5 Å². The lowest BCUT2D eigenvalue weighted by molar-refractivity contribution is 0.0851. The molecule has 0 spiro atoms. The summed E-state index contributed by atoms with van der Waals surface area (Å²) in [5.74, 6) is 0.0651. The summed E-state index contributed by atoms with van der Waals surface area (Å²) in [6, 6.07) is 9.82. The lowest BCUT2D eigenvalue weighted by atomic mass is 10.2. The lowest BCUT2D eigenvalue weighted by Crippen LogP contribution is -2.32. The van der Waals surface area contributed by atoms with Crippen LogP contribution in [0.4, 0.5) is 0 Å². The normalized spacial score (nSPS) is 17.2. The fourth-order valence-corrected chi connectivity index (χ4v) is 2.60. The Kier molecular flexibility index (Phi) is 4.87. The Balaban J connectivity index is 1.68. The highest BCUT2D eigenvalue weighted by molar-refractivity contribution is 5.94. The Bertz CT molecular complexity index is 651. The number of carbonyl (C=O) groups excluding carboxylic acids is 1. The Morgan fingerprint density at radius 3 is 2.96 bits per heavy atom. The fraction of sp³-hybridized carbons (Fsp3) is 0.438. The van der Waals surface area contributed by atoms with Crippen molar-refractivity contribution in [2.75, 3.05) is 20.3 Å². The summed E-state index contributed by atoms with van der Waals surface area (Å²) in [6.45, 7) is 1.74. The number of aromatic nitrogens is 3. The van der Waals surface area contributed by atoms with Crippen LogP contribution in [0, 0.1) is 0 Å². The molecule has 1 atom stereocenters. The highest BCUT2D eigenvalue weighted by Gasteiger charge is 2.23. The standard InChI is InChI=1S/C16H20N4O3/c1-22-16-14(15(21)17-10-13-8-5-9-23-13)18-19-20(16)11-12-6-3-2-4-7-12/h2-4,6-7,13H,5,8-11H2,1H3,(H,17,21). The first-order chi connectivity index (χ1) is 11.3. The zero-order valence-corrected chi connectivity index (χ0v) is 13.1. The number of amides is 1. The Hall–Kier alpha value is -2.41. The van der Waals surface area contributed by atoms with Crippen molar-refractivity contribution in [2.45, 2.75) is 25.5 Å². The number of rotatable bonds is 6. The van der Waals surface area contributed by atoms with Crippen molar-refractivity contribution in [3.63, 3.8) is 0 Å². The van der Waals surface area contributed by atoms with E-state index in [1.807, 2.05) is 30.3 Å². The Morgan fingerprint density at radius 2 is 2.26 bits per heavy atom. The van der Waals surface area contributed by atoms with Crippen LogP contribution < -0.4 is 10.1 Å². The highest BCUT2D eigenvalue weighted by atomic mass is 16.5. The third kappa shape index (κ3) is 3.68. The summed E-state index contributed by atoms with van der Waals surface area (Å²) in [4.78, 5) is 12.3. The van der Waals surface area contributed by atoms with E-state index in [1.54, 1.807) is 4.68 Å². The Morgan fingerprint density at radius 1 is 1.43 bits per heavy atom. The molecule has 0 saturated carbocycles. The van der Waals surface area contributed by atoms with E-state index in [0.717, 1.165) is 25.0 Å². The summed E-state index contributed by atoms with van der Waals surface area (Å²) >= 11 is 0. The number of methoxy groups -OCH3 is 1. The van der Waals surface area contributed by atoms with Gasteiger partial charge in [0.2, 0.25) is 11.6 Å². The quantitative estimate of drug-likeness (QED) is 0.867. The first-order valence-electron chi connectivity index (χ1n) is 7.69. The molecule has 0 aliphatic carbocycles. The van der Waals surface area contributed by atoms with Gasteiger partial charge in [-0.3, -0.25) is 4.79 Å². The molecule has 1 aliphatic rings. The zero-order valence-electron chi connectivity index (χ0n) is 13.1. The maximum absolute atomic E-state index is 12.3. The van der Waals surface area contributed by atoms with Crippen molar-refractivity contribution in [3.05, 3.63) is 41.6 Å². The number of hydrogen-bond acceptors (Lipinski definition) is 5. The minimum absolute atomic E-state index is 0.0873. The predicted octanol–water partition coefficient (Wildman–Crippen LogP) is 1.24. The van der Waals surface area contributed by atoms with Gasteiger partial charge in [0.1, 0.15) is 0 Å². The summed E-state index contributed by atoms with van der Waals surface area (Å²) in [6.07, 6.45) is 2.10. The number of hydrogen-bond donors (Lipinski definition) is 1. The molecule has 1 fully saturated rings. The third-order valence-corrected chi connectivity index (χ3v) is 3.79. The van der Waals surface area contributed by atoms with E-state index in [9.17, 15) is 4.79 Å². The van der Waals surface area contributed by atoms with Crippen LogP contribution in [0.2, 0.25) is 0 Å². The van der Waals surface area contributed by atoms with Crippen molar-refractivity contribution >= 4 is 5.91 Å². The average Bonchev–Trinajstić information content (AvgIpc) is 3.23. The van der Waals surface area contributed by atoms with E-state index in [-0.39, 0.29) is 17.7 Å². The van der Waals surface area contributed by atoms with Gasteiger partial charge in [0.25, 0.3) is 5.91 Å². The summed E-state index contributed by atoms with van der Waals surface area (Å²) < 4.78 is 12.4. The summed E-state index contributed by atoms with van der Waals surface area (Å²) in [5.41, 5.74) is 1.25. The van der Waals surface area contributed by atoms with E-state index in [2.05, 4.69) is 15.6 Å². The molecule has 1 saturated heterocycles. The summed E-state index contributed by atoms with van der Waals surface area (Å²) in [7, 11) is 1.51. The van der Waals surface area contributed by atoms with Gasteiger partial charge in [0.15, 0.2) is 0 Å². The number of nitrogens with one attached hydrogen (secondary N) is 1. The Labute approximate surface area is 134 Å². The molecule has 1 amide bonds. The van der Waals surface area contributed by atoms with Gasteiger partial charge >= 0.3 is 0 Å². The molecule has 0 radical (unpaired) electrons. The molecule has 0 bridgehead atoms. The third-order valence-electron chi connectivity index (χ3n) is 3.79. The van der Waals surface area contributed by atoms with Gasteiger partial charge in [-0.05, 0) is 18.4 Å². The van der Waals surface area contributed by atoms with Crippen molar-refractivity contribution in [2.24, 2.45) is 0 Å². The van der Waals surface area contributed by atoms with Gasteiger partial charge < -0.3 is 14.8 Å². The largest absolute Gasteiger partial charge is 0.479 e. The second-order valence-corrected chi connectivity index (χ2v) is 5.44. The lowest BCUT2D eigenvalue weighted by Gasteiger charge is -2.10. The first-order valence-corrected chi connectivity index (χ1v) is 7.69. The number of ether oxygens (including phenoxy) is 2. The number of nitrogens with zero attached hydrogens (tertiary/aromatic N) is 3. The zero-order chi connectivity index (χ0) is 16.1. The molecule has 2 heterocycles. The fourth-order valence-electron chi connectivity index (χ4n) is 2.60. The van der Waals surface area contributed by atoms with Gasteiger partial charge in [-0.25, -0.2) is 4.68 Å². The van der Waals surface area contributed by atoms with Crippen LogP contribution in [0.3, 0.4) is 0 Å². The second-order valence-electron chi connectivity index (χ2n) is 5.44. The number of benzene rings is 1. The molecule has 1 aromatic carbocycles. The van der Waals surface area contributed by atoms with Crippen molar-refractivity contribution in [1.29, 1.82) is 0 Å². The maximum Gasteiger partial charge on any atom is 0.277 e. The molecule has 1 unspecified atom stereocenters. The predicted molar refractivity (Wildman–Crippen MR) is 83.4 cm³/mol. The molecule has 3 rings (SSSR count). The van der Waals surface area contributed by atoms with E-state index >= 15 is 0 Å². The van der Waals surface area contributed by atoms with Crippen LogP contribution >= 0.6 is 0 Å². The first kappa shape index (κ1) is 15.5. The van der Waals surface area contributed by atoms with Gasteiger partial charge in [-0.15, -0.1) is 5.10 Å². The molecule has 1 aliphatic heterocycles. The maximum atomic E-state index is 12.3. The minimum atomic E-state index is -0.295. The minimum Gasteiger partial charge on any atom is -0.479 e. The van der Waals surface area contributed by atoms with Crippen LogP contribution in [0.1, 0.15) is 28.9 Å². The van der Waals surface area contributed by atoms with Crippen molar-refractivity contribution < 1.29 is 14.3 Å². The van der Waals surface area contributed by atoms with Gasteiger partial charge in [0, 0.05) is 13.2 Å². The smallest absolute Gasteiger partial charge is 0.277 e. The molecule has 2 aromatic rings. The van der Waals surface area contributed by atoms with E-state index in [0.29, 0.717) is 19.0 Å². The SMILES string of the molecule is COc1c(C(=O)NCC2CCCO2)nnn1Cc1ccccc1. The average molecular weight is 316 g/mol. The second kappa shape index (κ2) is 7.23.